The Morgan fingerprint density at radius 1 is 1.03 bits per heavy atom. The van der Waals surface area contributed by atoms with Crippen molar-refractivity contribution in [3.8, 4) is 5.69 Å². The molecular weight excluding hydrogens is 468 g/mol. The number of aromatic nitrogens is 3. The normalized spacial score (nSPS) is 11.2. The monoisotopic (exact) mass is 494 g/mol. The Hall–Kier alpha value is -3.17. The van der Waals surface area contributed by atoms with E-state index in [2.05, 4.69) is 10.3 Å². The van der Waals surface area contributed by atoms with Gasteiger partial charge in [-0.15, -0.1) is 11.3 Å². The molecule has 0 aliphatic rings. The van der Waals surface area contributed by atoms with Crippen LogP contribution in [-0.4, -0.2) is 25.8 Å². The van der Waals surface area contributed by atoms with E-state index in [4.69, 9.17) is 0 Å². The second kappa shape index (κ2) is 9.60. The highest BCUT2D eigenvalue weighted by Crippen LogP contribution is 2.27. The summed E-state index contributed by atoms with van der Waals surface area (Å²) in [5.74, 6) is 0.424. The third-order valence-electron chi connectivity index (χ3n) is 5.47. The number of aryl methyl sites for hydroxylation is 4. The molecule has 176 valence electrons. The zero-order valence-corrected chi connectivity index (χ0v) is 21.4. The average molecular weight is 495 g/mol. The first-order chi connectivity index (χ1) is 16.2. The fourth-order valence-corrected chi connectivity index (χ4v) is 5.93. The van der Waals surface area contributed by atoms with E-state index in [1.807, 2.05) is 58.9 Å². The fourth-order valence-electron chi connectivity index (χ4n) is 3.96. The van der Waals surface area contributed by atoms with Crippen molar-refractivity contribution in [2.75, 3.05) is 11.1 Å². The SMILES string of the molecule is CCSc1nc2c(s1)c(=O)n(-c1ccc(C)cc1)c(=O)n2CC(=O)Nc1c(C)cc(C)cc1C. The van der Waals surface area contributed by atoms with Crippen LogP contribution in [0, 0.1) is 27.7 Å². The summed E-state index contributed by atoms with van der Waals surface area (Å²) in [7, 11) is 0. The Kier molecular flexibility index (Phi) is 6.77. The third-order valence-corrected chi connectivity index (χ3v) is 7.53. The van der Waals surface area contributed by atoms with Gasteiger partial charge in [0.2, 0.25) is 5.91 Å². The van der Waals surface area contributed by atoms with Gasteiger partial charge in [0.15, 0.2) is 9.99 Å². The number of rotatable bonds is 6. The number of thiazole rings is 1. The number of thioether (sulfide) groups is 1. The van der Waals surface area contributed by atoms with Crippen molar-refractivity contribution in [3.05, 3.63) is 79.5 Å². The van der Waals surface area contributed by atoms with Gasteiger partial charge in [-0.25, -0.2) is 14.3 Å². The van der Waals surface area contributed by atoms with Crippen molar-refractivity contribution in [2.24, 2.45) is 0 Å². The first-order valence-corrected chi connectivity index (χ1v) is 12.7. The van der Waals surface area contributed by atoms with Crippen molar-refractivity contribution in [3.63, 3.8) is 0 Å². The van der Waals surface area contributed by atoms with Crippen LogP contribution in [0.2, 0.25) is 0 Å². The maximum absolute atomic E-state index is 13.5. The first kappa shape index (κ1) is 24.0. The molecule has 1 amide bonds. The molecule has 0 radical (unpaired) electrons. The molecule has 34 heavy (non-hydrogen) atoms. The minimum absolute atomic E-state index is 0.242. The molecule has 0 saturated heterocycles. The number of hydrogen-bond acceptors (Lipinski definition) is 6. The third kappa shape index (κ3) is 4.58. The van der Waals surface area contributed by atoms with Crippen molar-refractivity contribution in [1.29, 1.82) is 0 Å². The number of anilines is 1. The van der Waals surface area contributed by atoms with Gasteiger partial charge >= 0.3 is 5.69 Å². The van der Waals surface area contributed by atoms with E-state index >= 15 is 0 Å². The van der Waals surface area contributed by atoms with Crippen LogP contribution in [0.1, 0.15) is 29.2 Å². The van der Waals surface area contributed by atoms with Gasteiger partial charge in [-0.3, -0.25) is 14.2 Å². The molecule has 0 unspecified atom stereocenters. The molecule has 0 bridgehead atoms. The predicted molar refractivity (Wildman–Crippen MR) is 140 cm³/mol. The fraction of sp³-hybridized carbons (Fsp3) is 0.280. The van der Waals surface area contributed by atoms with E-state index in [1.54, 1.807) is 12.1 Å². The highest BCUT2D eigenvalue weighted by molar-refractivity contribution is 8.01. The lowest BCUT2D eigenvalue weighted by atomic mass is 10.1. The predicted octanol–water partition coefficient (Wildman–Crippen LogP) is 4.59. The van der Waals surface area contributed by atoms with Crippen molar-refractivity contribution >= 4 is 45.0 Å². The molecule has 0 fully saturated rings. The van der Waals surface area contributed by atoms with Gasteiger partial charge in [0.25, 0.3) is 5.56 Å². The van der Waals surface area contributed by atoms with Gasteiger partial charge < -0.3 is 5.32 Å². The van der Waals surface area contributed by atoms with Crippen LogP contribution in [0.5, 0.6) is 0 Å². The van der Waals surface area contributed by atoms with E-state index in [0.717, 1.165) is 38.3 Å². The Labute approximate surface area is 205 Å². The molecule has 0 aliphatic carbocycles. The van der Waals surface area contributed by atoms with Crippen LogP contribution in [0.15, 0.2) is 50.3 Å². The Bertz CT molecular complexity index is 1490. The maximum atomic E-state index is 13.5. The molecule has 0 spiro atoms. The van der Waals surface area contributed by atoms with E-state index in [9.17, 15) is 14.4 Å². The summed E-state index contributed by atoms with van der Waals surface area (Å²) in [6.45, 7) is 9.55. The summed E-state index contributed by atoms with van der Waals surface area (Å²) in [6.07, 6.45) is 0. The second-order valence-corrected chi connectivity index (χ2v) is 10.7. The number of amides is 1. The maximum Gasteiger partial charge on any atom is 0.337 e. The molecule has 0 saturated carbocycles. The summed E-state index contributed by atoms with van der Waals surface area (Å²) in [6, 6.07) is 11.2. The molecule has 2 aromatic heterocycles. The van der Waals surface area contributed by atoms with Crippen molar-refractivity contribution in [2.45, 2.75) is 45.5 Å². The summed E-state index contributed by atoms with van der Waals surface area (Å²) < 4.78 is 3.46. The van der Waals surface area contributed by atoms with Crippen LogP contribution in [0.4, 0.5) is 5.69 Å². The Morgan fingerprint density at radius 3 is 2.29 bits per heavy atom. The lowest BCUT2D eigenvalue weighted by Crippen LogP contribution is -2.40. The van der Waals surface area contributed by atoms with Crippen molar-refractivity contribution < 1.29 is 4.79 Å². The molecule has 9 heteroatoms. The molecular formula is C25H26N4O3S2. The van der Waals surface area contributed by atoms with Gasteiger partial charge in [-0.05, 0) is 56.7 Å². The number of hydrogen-bond donors (Lipinski definition) is 1. The highest BCUT2D eigenvalue weighted by Gasteiger charge is 2.21. The summed E-state index contributed by atoms with van der Waals surface area (Å²) >= 11 is 2.75. The number of carbonyl (C=O) groups excluding carboxylic acids is 1. The summed E-state index contributed by atoms with van der Waals surface area (Å²) in [4.78, 5) is 44.5. The standard InChI is InChI=1S/C25H26N4O3S2/c1-6-33-24-27-22-21(34-24)23(31)29(18-9-7-14(2)8-10-18)25(32)28(22)13-19(30)26-20-16(4)11-15(3)12-17(20)5/h7-12H,6,13H2,1-5H3,(H,26,30). The van der Waals surface area contributed by atoms with Crippen LogP contribution < -0.4 is 16.6 Å². The van der Waals surface area contributed by atoms with Gasteiger partial charge in [-0.2, -0.15) is 0 Å². The Balaban J connectivity index is 1.84. The molecule has 4 aromatic rings. The van der Waals surface area contributed by atoms with Gasteiger partial charge in [-0.1, -0.05) is 54.1 Å². The van der Waals surface area contributed by atoms with Gasteiger partial charge in [0, 0.05) is 5.69 Å². The van der Waals surface area contributed by atoms with E-state index in [-0.39, 0.29) is 18.1 Å². The molecule has 1 N–H and O–H groups in total. The topological polar surface area (TPSA) is 86.0 Å². The van der Waals surface area contributed by atoms with Crippen molar-refractivity contribution in [1.82, 2.24) is 14.1 Å². The molecule has 7 nitrogen and oxygen atoms in total. The summed E-state index contributed by atoms with van der Waals surface area (Å²) in [5, 5.41) is 2.94. The number of nitrogens with one attached hydrogen (secondary N) is 1. The number of benzene rings is 2. The largest absolute Gasteiger partial charge is 0.337 e. The average Bonchev–Trinajstić information content (AvgIpc) is 3.19. The Morgan fingerprint density at radius 2 is 1.68 bits per heavy atom. The molecule has 0 aliphatic heterocycles. The number of nitrogens with zero attached hydrogens (tertiary/aromatic N) is 3. The molecule has 0 atom stereocenters. The van der Waals surface area contributed by atoms with Crippen LogP contribution in [0.3, 0.4) is 0 Å². The zero-order valence-electron chi connectivity index (χ0n) is 19.8. The van der Waals surface area contributed by atoms with Crippen LogP contribution in [-0.2, 0) is 11.3 Å². The van der Waals surface area contributed by atoms with E-state index in [1.165, 1.54) is 27.7 Å². The number of fused-ring (bicyclic) bond motifs is 1. The first-order valence-electron chi connectivity index (χ1n) is 10.9. The smallest absolute Gasteiger partial charge is 0.324 e. The quantitative estimate of drug-likeness (QED) is 0.396. The van der Waals surface area contributed by atoms with Gasteiger partial charge in [0.05, 0.1) is 5.69 Å². The highest BCUT2D eigenvalue weighted by atomic mass is 32.2. The van der Waals surface area contributed by atoms with E-state index in [0.29, 0.717) is 14.7 Å². The molecule has 2 aromatic carbocycles. The number of carbonyl (C=O) groups is 1. The molecule has 2 heterocycles. The summed E-state index contributed by atoms with van der Waals surface area (Å²) in [5.41, 5.74) is 4.43. The molecule has 4 rings (SSSR count). The lowest BCUT2D eigenvalue weighted by Gasteiger charge is -2.15. The van der Waals surface area contributed by atoms with Gasteiger partial charge in [0.1, 0.15) is 11.2 Å². The lowest BCUT2D eigenvalue weighted by molar-refractivity contribution is -0.116. The van der Waals surface area contributed by atoms with E-state index < -0.39 is 11.2 Å². The van der Waals surface area contributed by atoms with Crippen LogP contribution >= 0.6 is 23.1 Å². The zero-order chi connectivity index (χ0) is 24.6. The van der Waals surface area contributed by atoms with Crippen LogP contribution in [0.25, 0.3) is 16.0 Å². The minimum Gasteiger partial charge on any atom is -0.324 e. The minimum atomic E-state index is -0.591. The second-order valence-electron chi connectivity index (χ2n) is 8.23.